The molecule has 150 valence electrons. The van der Waals surface area contributed by atoms with Gasteiger partial charge in [0.25, 0.3) is 0 Å². The van der Waals surface area contributed by atoms with Crippen LogP contribution in [0.2, 0.25) is 0 Å². The van der Waals surface area contributed by atoms with Gasteiger partial charge in [0.1, 0.15) is 5.75 Å². The lowest BCUT2D eigenvalue weighted by Gasteiger charge is -2.21. The third-order valence-corrected chi connectivity index (χ3v) is 7.97. The number of rotatable bonds is 8. The molecule has 27 heavy (non-hydrogen) atoms. The molecule has 1 aliphatic carbocycles. The molecule has 1 aromatic carbocycles. The van der Waals surface area contributed by atoms with Crippen LogP contribution in [0.25, 0.3) is 0 Å². The van der Waals surface area contributed by atoms with E-state index in [0.717, 1.165) is 12.2 Å². The van der Waals surface area contributed by atoms with Crippen LogP contribution in [0.5, 0.6) is 5.75 Å². The van der Waals surface area contributed by atoms with Gasteiger partial charge in [0.2, 0.25) is 15.9 Å². The lowest BCUT2D eigenvalue weighted by molar-refractivity contribution is -0.117. The molecule has 0 unspecified atom stereocenters. The Hall–Kier alpha value is -1.25. The molecular formula is C19H28N2O4S2. The molecule has 0 aromatic heterocycles. The number of thioether (sulfide) groups is 1. The Morgan fingerprint density at radius 2 is 2.00 bits per heavy atom. The van der Waals surface area contributed by atoms with Gasteiger partial charge in [-0.1, -0.05) is 19.3 Å². The zero-order valence-corrected chi connectivity index (χ0v) is 17.4. The number of carbonyl (C=O) groups excluding carboxylic acids is 1. The van der Waals surface area contributed by atoms with Crippen LogP contribution in [0.3, 0.4) is 0 Å². The second kappa shape index (κ2) is 9.30. The normalized spacial score (nSPS) is 18.9. The van der Waals surface area contributed by atoms with Crippen LogP contribution < -0.4 is 14.4 Å². The monoisotopic (exact) mass is 412 g/mol. The Bertz CT molecular complexity index is 761. The predicted molar refractivity (Wildman–Crippen MR) is 109 cm³/mol. The first-order valence-corrected chi connectivity index (χ1v) is 12.1. The van der Waals surface area contributed by atoms with Crippen LogP contribution in [0.4, 0.5) is 5.69 Å². The van der Waals surface area contributed by atoms with Crippen molar-refractivity contribution < 1.29 is 17.9 Å². The fourth-order valence-electron chi connectivity index (χ4n) is 3.67. The molecule has 1 saturated carbocycles. The number of carbonyl (C=O) groups is 1. The second-order valence-corrected chi connectivity index (χ2v) is 10.2. The van der Waals surface area contributed by atoms with Gasteiger partial charge in [-0.2, -0.15) is 11.8 Å². The van der Waals surface area contributed by atoms with Crippen molar-refractivity contribution in [2.45, 2.75) is 55.1 Å². The molecule has 0 atom stereocenters. The van der Waals surface area contributed by atoms with Crippen molar-refractivity contribution in [2.24, 2.45) is 0 Å². The largest absolute Gasteiger partial charge is 0.495 e. The van der Waals surface area contributed by atoms with Crippen LogP contribution in [0, 0.1) is 0 Å². The predicted octanol–water partition coefficient (Wildman–Crippen LogP) is 3.17. The minimum absolute atomic E-state index is 0.000288. The number of amides is 1. The van der Waals surface area contributed by atoms with E-state index in [1.54, 1.807) is 17.0 Å². The highest BCUT2D eigenvalue weighted by atomic mass is 32.2. The Kier molecular flexibility index (Phi) is 7.05. The summed E-state index contributed by atoms with van der Waals surface area (Å²) in [7, 11) is -2.09. The van der Waals surface area contributed by atoms with Crippen molar-refractivity contribution >= 4 is 33.4 Å². The topological polar surface area (TPSA) is 75.7 Å². The molecule has 2 aliphatic rings. The summed E-state index contributed by atoms with van der Waals surface area (Å²) in [4.78, 5) is 13.8. The molecule has 1 amide bonds. The summed E-state index contributed by atoms with van der Waals surface area (Å²) in [5.74, 6) is 1.29. The molecular weight excluding hydrogens is 384 g/mol. The maximum absolute atomic E-state index is 12.7. The molecule has 1 saturated heterocycles. The summed E-state index contributed by atoms with van der Waals surface area (Å²) in [5.41, 5.74) is 0.527. The molecule has 0 bridgehead atoms. The van der Waals surface area contributed by atoms with Crippen molar-refractivity contribution in [1.82, 2.24) is 4.72 Å². The molecule has 1 aliphatic heterocycles. The Balaban J connectivity index is 1.64. The summed E-state index contributed by atoms with van der Waals surface area (Å²) in [6.07, 6.45) is 7.63. The summed E-state index contributed by atoms with van der Waals surface area (Å²) in [6.45, 7) is 0.998. The SMILES string of the molecule is COc1ccc(S(=O)(=O)NCCSC2CCCCC2)cc1N1CCCC1=O. The standard InChI is InChI=1S/C19H28N2O4S2/c1-25-18-10-9-16(14-17(18)21-12-5-8-19(21)22)27(23,24)20-11-13-26-15-6-3-2-4-7-15/h9-10,14-15,20H,2-8,11-13H2,1H3. The van der Waals surface area contributed by atoms with Crippen LogP contribution in [0.1, 0.15) is 44.9 Å². The Labute approximate surface area is 166 Å². The number of sulfonamides is 1. The molecule has 1 aromatic rings. The van der Waals surface area contributed by atoms with Crippen molar-refractivity contribution in [3.05, 3.63) is 18.2 Å². The number of benzene rings is 1. The highest BCUT2D eigenvalue weighted by Crippen LogP contribution is 2.33. The number of methoxy groups -OCH3 is 1. The van der Waals surface area contributed by atoms with Crippen LogP contribution >= 0.6 is 11.8 Å². The van der Waals surface area contributed by atoms with Gasteiger partial charge in [0, 0.05) is 30.5 Å². The van der Waals surface area contributed by atoms with Gasteiger partial charge in [0.05, 0.1) is 17.7 Å². The molecule has 6 nitrogen and oxygen atoms in total. The highest BCUT2D eigenvalue weighted by Gasteiger charge is 2.26. The van der Waals surface area contributed by atoms with E-state index in [2.05, 4.69) is 4.72 Å². The molecule has 0 spiro atoms. The minimum Gasteiger partial charge on any atom is -0.495 e. The number of nitrogens with zero attached hydrogens (tertiary/aromatic N) is 1. The van der Waals surface area contributed by atoms with E-state index in [1.807, 2.05) is 11.8 Å². The number of hydrogen-bond donors (Lipinski definition) is 1. The van der Waals surface area contributed by atoms with Gasteiger partial charge in [-0.05, 0) is 37.5 Å². The van der Waals surface area contributed by atoms with Gasteiger partial charge in [-0.25, -0.2) is 13.1 Å². The molecule has 1 N–H and O–H groups in total. The first-order valence-electron chi connectivity index (χ1n) is 9.61. The quantitative estimate of drug-likeness (QED) is 0.664. The average molecular weight is 413 g/mol. The highest BCUT2D eigenvalue weighted by molar-refractivity contribution is 8.00. The molecule has 2 fully saturated rings. The summed E-state index contributed by atoms with van der Waals surface area (Å²) < 4.78 is 33.3. The lowest BCUT2D eigenvalue weighted by atomic mass is 10.0. The molecule has 1 heterocycles. The van der Waals surface area contributed by atoms with Gasteiger partial charge in [-0.3, -0.25) is 4.79 Å². The van der Waals surface area contributed by atoms with Gasteiger partial charge < -0.3 is 9.64 Å². The van der Waals surface area contributed by atoms with Crippen molar-refractivity contribution in [3.63, 3.8) is 0 Å². The Morgan fingerprint density at radius 1 is 1.22 bits per heavy atom. The molecule has 0 radical (unpaired) electrons. The fourth-order valence-corrected chi connectivity index (χ4v) is 6.07. The fraction of sp³-hybridized carbons (Fsp3) is 0.632. The van der Waals surface area contributed by atoms with Crippen molar-refractivity contribution in [1.29, 1.82) is 0 Å². The third kappa shape index (κ3) is 5.18. The van der Waals surface area contributed by atoms with Crippen molar-refractivity contribution in [2.75, 3.05) is 30.9 Å². The van der Waals surface area contributed by atoms with E-state index in [4.69, 9.17) is 4.74 Å². The lowest BCUT2D eigenvalue weighted by Crippen LogP contribution is -2.28. The second-order valence-electron chi connectivity index (χ2n) is 7.01. The zero-order valence-electron chi connectivity index (χ0n) is 15.8. The van der Waals surface area contributed by atoms with E-state index in [0.29, 0.717) is 36.2 Å². The molecule has 3 rings (SSSR count). The number of nitrogens with one attached hydrogen (secondary N) is 1. The van der Waals surface area contributed by atoms with E-state index in [-0.39, 0.29) is 10.8 Å². The van der Waals surface area contributed by atoms with Gasteiger partial charge >= 0.3 is 0 Å². The van der Waals surface area contributed by atoms with E-state index < -0.39 is 10.0 Å². The number of hydrogen-bond acceptors (Lipinski definition) is 5. The Morgan fingerprint density at radius 3 is 2.67 bits per heavy atom. The zero-order chi connectivity index (χ0) is 19.3. The van der Waals surface area contributed by atoms with Crippen molar-refractivity contribution in [3.8, 4) is 5.75 Å². The van der Waals surface area contributed by atoms with Gasteiger partial charge in [0.15, 0.2) is 0 Å². The maximum atomic E-state index is 12.7. The number of ether oxygens (including phenoxy) is 1. The van der Waals surface area contributed by atoms with E-state index in [1.165, 1.54) is 45.3 Å². The van der Waals surface area contributed by atoms with Crippen LogP contribution in [0.15, 0.2) is 23.1 Å². The first-order chi connectivity index (χ1) is 13.0. The minimum atomic E-state index is -3.61. The number of anilines is 1. The van der Waals surface area contributed by atoms with Gasteiger partial charge in [-0.15, -0.1) is 0 Å². The van der Waals surface area contributed by atoms with E-state index in [9.17, 15) is 13.2 Å². The third-order valence-electron chi connectivity index (χ3n) is 5.12. The average Bonchev–Trinajstić information content (AvgIpc) is 3.11. The first kappa shape index (κ1) is 20.5. The molecule has 8 heteroatoms. The summed E-state index contributed by atoms with van der Waals surface area (Å²) in [5, 5.41) is 0.664. The summed E-state index contributed by atoms with van der Waals surface area (Å²) in [6, 6.07) is 4.68. The van der Waals surface area contributed by atoms with Crippen LogP contribution in [-0.4, -0.2) is 45.5 Å². The van der Waals surface area contributed by atoms with Crippen LogP contribution in [-0.2, 0) is 14.8 Å². The maximum Gasteiger partial charge on any atom is 0.240 e. The smallest absolute Gasteiger partial charge is 0.240 e. The summed E-state index contributed by atoms with van der Waals surface area (Å²) >= 11 is 1.86. The van der Waals surface area contributed by atoms with E-state index >= 15 is 0 Å².